The number of para-hydroxylation sites is 1. The lowest BCUT2D eigenvalue weighted by molar-refractivity contribution is -0.0585. The summed E-state index contributed by atoms with van der Waals surface area (Å²) in [5.41, 5.74) is 1.09. The van der Waals surface area contributed by atoms with E-state index in [0.29, 0.717) is 18.8 Å². The quantitative estimate of drug-likeness (QED) is 0.698. The van der Waals surface area contributed by atoms with Crippen LogP contribution < -0.4 is 5.32 Å². The predicted octanol–water partition coefficient (Wildman–Crippen LogP) is 3.51. The highest BCUT2D eigenvalue weighted by Gasteiger charge is 2.30. The second-order valence-corrected chi connectivity index (χ2v) is 7.59. The average Bonchev–Trinajstić information content (AvgIpc) is 3.16. The van der Waals surface area contributed by atoms with E-state index in [-0.39, 0.29) is 35.1 Å². The number of hydrogen-bond donors (Lipinski definition) is 1. The molecule has 4 rings (SSSR count). The summed E-state index contributed by atoms with van der Waals surface area (Å²) in [5.74, 6) is -1.07. The van der Waals surface area contributed by atoms with E-state index in [9.17, 15) is 14.0 Å². The van der Waals surface area contributed by atoms with Crippen molar-refractivity contribution in [2.75, 3.05) is 18.4 Å². The van der Waals surface area contributed by atoms with Gasteiger partial charge in [-0.1, -0.05) is 24.3 Å². The lowest BCUT2D eigenvalue weighted by atomic mass is 10.1. The number of carbonyl (C=O) groups excluding carboxylic acids is 2. The van der Waals surface area contributed by atoms with Crippen molar-refractivity contribution in [3.05, 3.63) is 77.7 Å². The highest BCUT2D eigenvalue weighted by atomic mass is 19.1. The summed E-state index contributed by atoms with van der Waals surface area (Å²) >= 11 is 0. The van der Waals surface area contributed by atoms with Crippen molar-refractivity contribution in [1.82, 2.24) is 14.7 Å². The number of amides is 2. The molecule has 1 aliphatic heterocycles. The van der Waals surface area contributed by atoms with E-state index in [0.717, 1.165) is 6.07 Å². The fraction of sp³-hybridized carbons (Fsp3) is 0.261. The Bertz CT molecular complexity index is 1090. The van der Waals surface area contributed by atoms with Crippen molar-refractivity contribution in [3.8, 4) is 5.69 Å². The molecule has 0 bridgehead atoms. The third kappa shape index (κ3) is 4.49. The molecule has 0 spiro atoms. The van der Waals surface area contributed by atoms with Gasteiger partial charge in [-0.3, -0.25) is 9.59 Å². The zero-order valence-electron chi connectivity index (χ0n) is 17.3. The maximum Gasteiger partial charge on any atom is 0.259 e. The number of rotatable bonds is 4. The molecule has 1 aromatic heterocycles. The average molecular weight is 422 g/mol. The third-order valence-corrected chi connectivity index (χ3v) is 5.03. The summed E-state index contributed by atoms with van der Waals surface area (Å²) in [7, 11) is 0. The Hall–Kier alpha value is -3.52. The molecule has 2 amide bonds. The second kappa shape index (κ2) is 8.69. The van der Waals surface area contributed by atoms with Crippen LogP contribution in [0.15, 0.2) is 60.8 Å². The topological polar surface area (TPSA) is 76.5 Å². The Balaban J connectivity index is 1.71. The standard InChI is InChI=1S/C23H23FN4O3/c1-15-13-27(14-16(2)31-15)23(30)20-12-25-28(19-9-4-3-5-10-19)21(20)26-22(29)17-7-6-8-18(24)11-17/h3-12,15-16H,13-14H2,1-2H3,(H,26,29). The molecule has 3 aromatic rings. The number of anilines is 1. The van der Waals surface area contributed by atoms with Gasteiger partial charge < -0.3 is 15.0 Å². The summed E-state index contributed by atoms with van der Waals surface area (Å²) in [4.78, 5) is 27.9. The highest BCUT2D eigenvalue weighted by molar-refractivity contribution is 6.08. The van der Waals surface area contributed by atoms with Gasteiger partial charge in [0.1, 0.15) is 17.2 Å². The number of ether oxygens (including phenoxy) is 1. The Morgan fingerprint density at radius 2 is 1.77 bits per heavy atom. The Labute approximate surface area is 179 Å². The summed E-state index contributed by atoms with van der Waals surface area (Å²) in [6.07, 6.45) is 1.26. The van der Waals surface area contributed by atoms with Gasteiger partial charge >= 0.3 is 0 Å². The number of nitrogens with one attached hydrogen (secondary N) is 1. The molecule has 1 saturated heterocycles. The van der Waals surface area contributed by atoms with Crippen LogP contribution in [0.1, 0.15) is 34.6 Å². The molecule has 160 valence electrons. The van der Waals surface area contributed by atoms with Crippen LogP contribution >= 0.6 is 0 Å². The molecule has 0 radical (unpaired) electrons. The van der Waals surface area contributed by atoms with E-state index in [1.54, 1.807) is 4.90 Å². The SMILES string of the molecule is CC1CN(C(=O)c2cnn(-c3ccccc3)c2NC(=O)c2cccc(F)c2)CC(C)O1. The number of morpholine rings is 1. The maximum atomic E-state index is 13.6. The van der Waals surface area contributed by atoms with Gasteiger partial charge in [-0.25, -0.2) is 9.07 Å². The molecule has 0 saturated carbocycles. The van der Waals surface area contributed by atoms with Gasteiger partial charge in [0.15, 0.2) is 0 Å². The van der Waals surface area contributed by atoms with Gasteiger partial charge in [0.05, 0.1) is 24.1 Å². The van der Waals surface area contributed by atoms with Crippen LogP contribution in [0.3, 0.4) is 0 Å². The first-order valence-electron chi connectivity index (χ1n) is 10.1. The maximum absolute atomic E-state index is 13.6. The molecule has 31 heavy (non-hydrogen) atoms. The molecule has 1 N–H and O–H groups in total. The zero-order valence-corrected chi connectivity index (χ0v) is 17.3. The fourth-order valence-corrected chi connectivity index (χ4v) is 3.71. The van der Waals surface area contributed by atoms with Gasteiger partial charge in [-0.2, -0.15) is 5.10 Å². The van der Waals surface area contributed by atoms with Crippen LogP contribution in [0.2, 0.25) is 0 Å². The van der Waals surface area contributed by atoms with Gasteiger partial charge in [0, 0.05) is 18.7 Å². The number of carbonyl (C=O) groups is 2. The van der Waals surface area contributed by atoms with Crippen molar-refractivity contribution in [3.63, 3.8) is 0 Å². The summed E-state index contributed by atoms with van der Waals surface area (Å²) in [6.45, 7) is 4.71. The van der Waals surface area contributed by atoms with Crippen LogP contribution in [-0.2, 0) is 4.74 Å². The minimum absolute atomic E-state index is 0.0952. The lowest BCUT2D eigenvalue weighted by Gasteiger charge is -2.35. The molecule has 7 nitrogen and oxygen atoms in total. The normalized spacial score (nSPS) is 18.6. The van der Waals surface area contributed by atoms with Crippen molar-refractivity contribution in [1.29, 1.82) is 0 Å². The van der Waals surface area contributed by atoms with Crippen molar-refractivity contribution >= 4 is 17.6 Å². The highest BCUT2D eigenvalue weighted by Crippen LogP contribution is 2.24. The Morgan fingerprint density at radius 1 is 1.06 bits per heavy atom. The first-order valence-corrected chi connectivity index (χ1v) is 10.1. The lowest BCUT2D eigenvalue weighted by Crippen LogP contribution is -2.48. The van der Waals surface area contributed by atoms with Gasteiger partial charge in [-0.15, -0.1) is 0 Å². The number of halogens is 1. The molecular formula is C23H23FN4O3. The monoisotopic (exact) mass is 422 g/mol. The summed E-state index contributed by atoms with van der Waals surface area (Å²) < 4.78 is 20.8. The van der Waals surface area contributed by atoms with E-state index in [2.05, 4.69) is 10.4 Å². The van der Waals surface area contributed by atoms with E-state index < -0.39 is 11.7 Å². The molecule has 2 unspecified atom stereocenters. The van der Waals surface area contributed by atoms with E-state index in [1.165, 1.54) is 29.1 Å². The first-order chi connectivity index (χ1) is 14.9. The van der Waals surface area contributed by atoms with E-state index in [1.807, 2.05) is 44.2 Å². The number of hydrogen-bond acceptors (Lipinski definition) is 4. The van der Waals surface area contributed by atoms with Gasteiger partial charge in [-0.05, 0) is 44.2 Å². The Morgan fingerprint density at radius 3 is 2.45 bits per heavy atom. The molecule has 8 heteroatoms. The second-order valence-electron chi connectivity index (χ2n) is 7.59. The Kier molecular flexibility index (Phi) is 5.81. The van der Waals surface area contributed by atoms with Crippen LogP contribution in [0.25, 0.3) is 5.69 Å². The van der Waals surface area contributed by atoms with Crippen molar-refractivity contribution < 1.29 is 18.7 Å². The molecular weight excluding hydrogens is 399 g/mol. The van der Waals surface area contributed by atoms with Gasteiger partial charge in [0.2, 0.25) is 0 Å². The zero-order chi connectivity index (χ0) is 22.0. The van der Waals surface area contributed by atoms with E-state index in [4.69, 9.17) is 4.74 Å². The molecule has 1 fully saturated rings. The molecule has 2 heterocycles. The number of benzene rings is 2. The van der Waals surface area contributed by atoms with Crippen molar-refractivity contribution in [2.45, 2.75) is 26.1 Å². The number of nitrogens with zero attached hydrogens (tertiary/aromatic N) is 3. The fourth-order valence-electron chi connectivity index (χ4n) is 3.71. The predicted molar refractivity (Wildman–Crippen MR) is 114 cm³/mol. The third-order valence-electron chi connectivity index (χ3n) is 5.03. The molecule has 2 aromatic carbocycles. The smallest absolute Gasteiger partial charge is 0.259 e. The number of aromatic nitrogens is 2. The van der Waals surface area contributed by atoms with Gasteiger partial charge in [0.25, 0.3) is 11.8 Å². The van der Waals surface area contributed by atoms with Crippen molar-refractivity contribution in [2.24, 2.45) is 0 Å². The minimum Gasteiger partial charge on any atom is -0.372 e. The van der Waals surface area contributed by atoms with E-state index >= 15 is 0 Å². The molecule has 2 atom stereocenters. The largest absolute Gasteiger partial charge is 0.372 e. The van der Waals surface area contributed by atoms with Crippen LogP contribution in [0.4, 0.5) is 10.2 Å². The molecule has 0 aliphatic carbocycles. The van der Waals surface area contributed by atoms with Crippen LogP contribution in [-0.4, -0.2) is 51.8 Å². The van der Waals surface area contributed by atoms with Crippen LogP contribution in [0, 0.1) is 5.82 Å². The van der Waals surface area contributed by atoms with Crippen LogP contribution in [0.5, 0.6) is 0 Å². The minimum atomic E-state index is -0.532. The summed E-state index contributed by atoms with van der Waals surface area (Å²) in [6, 6.07) is 14.5. The molecule has 1 aliphatic rings. The first kappa shape index (κ1) is 20.7. The summed E-state index contributed by atoms with van der Waals surface area (Å²) in [5, 5.41) is 7.11.